The molecule has 0 bridgehead atoms. The molecular weight excluding hydrogens is 226 g/mol. The van der Waals surface area contributed by atoms with Crippen LogP contribution in [0.25, 0.3) is 0 Å². The fourth-order valence-electron chi connectivity index (χ4n) is 2.86. The smallest absolute Gasteiger partial charge is 0.222 e. The minimum absolute atomic E-state index is 0.355. The second kappa shape index (κ2) is 6.53. The normalized spacial score (nSPS) is 25.9. The lowest BCUT2D eigenvalue weighted by Gasteiger charge is -2.38. The van der Waals surface area contributed by atoms with Gasteiger partial charge in [-0.2, -0.15) is 0 Å². The summed E-state index contributed by atoms with van der Waals surface area (Å²) in [5.41, 5.74) is 0. The van der Waals surface area contributed by atoms with E-state index in [1.807, 2.05) is 0 Å². The fourth-order valence-corrected chi connectivity index (χ4v) is 2.86. The van der Waals surface area contributed by atoms with Gasteiger partial charge in [0.2, 0.25) is 5.91 Å². The maximum absolute atomic E-state index is 12.0. The molecule has 2 fully saturated rings. The summed E-state index contributed by atoms with van der Waals surface area (Å²) in [5.74, 6) is 0.979. The summed E-state index contributed by atoms with van der Waals surface area (Å²) >= 11 is 0. The van der Waals surface area contributed by atoms with E-state index in [2.05, 4.69) is 29.0 Å². The van der Waals surface area contributed by atoms with Crippen LogP contribution in [0.4, 0.5) is 0 Å². The first-order valence-electron chi connectivity index (χ1n) is 7.39. The Labute approximate surface area is 111 Å². The van der Waals surface area contributed by atoms with Gasteiger partial charge in [0.25, 0.3) is 0 Å². The molecule has 104 valence electrons. The van der Waals surface area contributed by atoms with Crippen molar-refractivity contribution in [2.75, 3.05) is 39.3 Å². The molecule has 1 amide bonds. The zero-order valence-electron chi connectivity index (χ0n) is 11.8. The molecular formula is C14H27N3O. The quantitative estimate of drug-likeness (QED) is 0.809. The second-order valence-corrected chi connectivity index (χ2v) is 6.00. The number of nitrogens with zero attached hydrogens (tertiary/aromatic N) is 2. The van der Waals surface area contributed by atoms with E-state index >= 15 is 0 Å². The molecule has 2 heterocycles. The van der Waals surface area contributed by atoms with Crippen molar-refractivity contribution in [1.29, 1.82) is 0 Å². The lowest BCUT2D eigenvalue weighted by molar-refractivity contribution is -0.133. The third-order valence-corrected chi connectivity index (χ3v) is 4.15. The average molecular weight is 253 g/mol. The first-order chi connectivity index (χ1) is 8.66. The third kappa shape index (κ3) is 3.69. The predicted octanol–water partition coefficient (Wildman–Crippen LogP) is 0.929. The summed E-state index contributed by atoms with van der Waals surface area (Å²) in [4.78, 5) is 16.6. The van der Waals surface area contributed by atoms with Gasteiger partial charge in [-0.15, -0.1) is 0 Å². The number of hydrogen-bond acceptors (Lipinski definition) is 3. The van der Waals surface area contributed by atoms with E-state index in [1.54, 1.807) is 0 Å². The van der Waals surface area contributed by atoms with Crippen molar-refractivity contribution < 1.29 is 4.79 Å². The summed E-state index contributed by atoms with van der Waals surface area (Å²) < 4.78 is 0. The van der Waals surface area contributed by atoms with Gasteiger partial charge in [-0.25, -0.2) is 0 Å². The van der Waals surface area contributed by atoms with Crippen LogP contribution >= 0.6 is 0 Å². The molecule has 2 rings (SSSR count). The van der Waals surface area contributed by atoms with Gasteiger partial charge in [-0.05, 0) is 25.3 Å². The highest BCUT2D eigenvalue weighted by Crippen LogP contribution is 2.13. The van der Waals surface area contributed by atoms with E-state index in [1.165, 1.54) is 6.42 Å². The Morgan fingerprint density at radius 3 is 2.56 bits per heavy atom. The minimum Gasteiger partial charge on any atom is -0.340 e. The third-order valence-electron chi connectivity index (χ3n) is 4.15. The average Bonchev–Trinajstić information content (AvgIpc) is 2.90. The van der Waals surface area contributed by atoms with Crippen LogP contribution < -0.4 is 5.32 Å². The van der Waals surface area contributed by atoms with E-state index in [4.69, 9.17) is 0 Å². The van der Waals surface area contributed by atoms with Crippen molar-refractivity contribution in [2.45, 2.75) is 39.2 Å². The Hall–Kier alpha value is -0.610. The molecule has 4 heteroatoms. The van der Waals surface area contributed by atoms with Crippen LogP contribution in [0.15, 0.2) is 0 Å². The molecule has 2 aliphatic rings. The number of amides is 1. The van der Waals surface area contributed by atoms with Crippen molar-refractivity contribution in [1.82, 2.24) is 15.1 Å². The Morgan fingerprint density at radius 2 is 2.00 bits per heavy atom. The van der Waals surface area contributed by atoms with Gasteiger partial charge in [0.15, 0.2) is 0 Å². The topological polar surface area (TPSA) is 35.6 Å². The zero-order valence-corrected chi connectivity index (χ0v) is 11.8. The van der Waals surface area contributed by atoms with Crippen molar-refractivity contribution in [2.24, 2.45) is 5.92 Å². The van der Waals surface area contributed by atoms with E-state index in [9.17, 15) is 4.79 Å². The van der Waals surface area contributed by atoms with Crippen LogP contribution in [0.2, 0.25) is 0 Å². The van der Waals surface area contributed by atoms with Crippen LogP contribution in [0.3, 0.4) is 0 Å². The van der Waals surface area contributed by atoms with E-state index in [0.29, 0.717) is 17.9 Å². The number of rotatable bonds is 4. The summed E-state index contributed by atoms with van der Waals surface area (Å²) in [7, 11) is 0. The van der Waals surface area contributed by atoms with Crippen LogP contribution in [-0.2, 0) is 4.79 Å². The van der Waals surface area contributed by atoms with Crippen molar-refractivity contribution in [3.05, 3.63) is 0 Å². The second-order valence-electron chi connectivity index (χ2n) is 6.00. The number of nitrogens with one attached hydrogen (secondary N) is 1. The molecule has 0 aromatic carbocycles. The van der Waals surface area contributed by atoms with E-state index in [0.717, 1.165) is 52.1 Å². The molecule has 0 saturated carbocycles. The van der Waals surface area contributed by atoms with Crippen LogP contribution in [0.5, 0.6) is 0 Å². The van der Waals surface area contributed by atoms with Crippen LogP contribution in [0.1, 0.15) is 33.1 Å². The molecule has 0 aromatic rings. The zero-order chi connectivity index (χ0) is 13.0. The van der Waals surface area contributed by atoms with Crippen LogP contribution in [0, 0.1) is 5.92 Å². The van der Waals surface area contributed by atoms with Gasteiger partial charge in [-0.3, -0.25) is 9.69 Å². The lowest BCUT2D eigenvalue weighted by atomic mass is 10.1. The fraction of sp³-hybridized carbons (Fsp3) is 0.929. The van der Waals surface area contributed by atoms with Crippen molar-refractivity contribution >= 4 is 5.91 Å². The molecule has 2 saturated heterocycles. The Kier molecular flexibility index (Phi) is 5.01. The molecule has 1 atom stereocenters. The van der Waals surface area contributed by atoms with Gasteiger partial charge in [-0.1, -0.05) is 13.8 Å². The molecule has 0 spiro atoms. The van der Waals surface area contributed by atoms with Gasteiger partial charge in [0, 0.05) is 45.2 Å². The van der Waals surface area contributed by atoms with Gasteiger partial charge < -0.3 is 10.2 Å². The monoisotopic (exact) mass is 253 g/mol. The molecule has 4 nitrogen and oxygen atoms in total. The van der Waals surface area contributed by atoms with Gasteiger partial charge >= 0.3 is 0 Å². The Balaban J connectivity index is 1.70. The van der Waals surface area contributed by atoms with E-state index < -0.39 is 0 Å². The molecule has 0 aliphatic carbocycles. The number of carbonyl (C=O) groups excluding carboxylic acids is 1. The maximum atomic E-state index is 12.0. The maximum Gasteiger partial charge on any atom is 0.222 e. The SMILES string of the molecule is CC(C)CCC(=O)N1CCN(C2CCNC2)CC1. The molecule has 0 radical (unpaired) electrons. The molecule has 1 N–H and O–H groups in total. The highest BCUT2D eigenvalue weighted by molar-refractivity contribution is 5.76. The standard InChI is InChI=1S/C14H27N3O/c1-12(2)3-4-14(18)17-9-7-16(8-10-17)13-5-6-15-11-13/h12-13,15H,3-11H2,1-2H3. The summed E-state index contributed by atoms with van der Waals surface area (Å²) in [6, 6.07) is 0.706. The highest BCUT2D eigenvalue weighted by Gasteiger charge is 2.27. The minimum atomic E-state index is 0.355. The summed E-state index contributed by atoms with van der Waals surface area (Å²) in [6.07, 6.45) is 3.01. The summed E-state index contributed by atoms with van der Waals surface area (Å²) in [6.45, 7) is 10.6. The molecule has 1 unspecified atom stereocenters. The Morgan fingerprint density at radius 1 is 1.28 bits per heavy atom. The Bertz CT molecular complexity index is 266. The molecule has 0 aromatic heterocycles. The lowest BCUT2D eigenvalue weighted by Crippen LogP contribution is -2.52. The number of piperazine rings is 1. The molecule has 2 aliphatic heterocycles. The van der Waals surface area contributed by atoms with Crippen molar-refractivity contribution in [3.63, 3.8) is 0 Å². The molecule has 18 heavy (non-hydrogen) atoms. The summed E-state index contributed by atoms with van der Waals surface area (Å²) in [5, 5.41) is 3.41. The largest absolute Gasteiger partial charge is 0.340 e. The first kappa shape index (κ1) is 13.8. The van der Waals surface area contributed by atoms with Crippen LogP contribution in [-0.4, -0.2) is 61.0 Å². The van der Waals surface area contributed by atoms with E-state index in [-0.39, 0.29) is 0 Å². The van der Waals surface area contributed by atoms with Gasteiger partial charge in [0.1, 0.15) is 0 Å². The van der Waals surface area contributed by atoms with Gasteiger partial charge in [0.05, 0.1) is 0 Å². The predicted molar refractivity (Wildman–Crippen MR) is 73.5 cm³/mol. The number of hydrogen-bond donors (Lipinski definition) is 1. The van der Waals surface area contributed by atoms with Crippen molar-refractivity contribution in [3.8, 4) is 0 Å². The first-order valence-corrected chi connectivity index (χ1v) is 7.39. The highest BCUT2D eigenvalue weighted by atomic mass is 16.2. The number of carbonyl (C=O) groups is 1.